The summed E-state index contributed by atoms with van der Waals surface area (Å²) in [6.45, 7) is 5.28. The molecule has 2 heterocycles. The van der Waals surface area contributed by atoms with Crippen LogP contribution in [0.5, 0.6) is 0 Å². The van der Waals surface area contributed by atoms with E-state index in [0.717, 1.165) is 0 Å². The van der Waals surface area contributed by atoms with Crippen LogP contribution in [0.4, 0.5) is 0 Å². The van der Waals surface area contributed by atoms with Gasteiger partial charge in [0.05, 0.1) is 17.5 Å². The Hall–Kier alpha value is -2.97. The second-order valence-corrected chi connectivity index (χ2v) is 5.51. The molecule has 0 radical (unpaired) electrons. The number of hydrogen-bond acceptors (Lipinski definition) is 5. The van der Waals surface area contributed by atoms with Crippen molar-refractivity contribution in [3.8, 4) is 5.82 Å². The second kappa shape index (κ2) is 7.07. The number of carbonyl (C=O) groups is 2. The monoisotopic (exact) mass is 333 g/mol. The minimum absolute atomic E-state index is 0.206. The average molecular weight is 333 g/mol. The van der Waals surface area contributed by atoms with Crippen LogP contribution in [0.3, 0.4) is 0 Å². The molecule has 0 aliphatic carbocycles. The van der Waals surface area contributed by atoms with Crippen LogP contribution in [0.1, 0.15) is 36.3 Å². The molecular formula is C15H19N5O4. The summed E-state index contributed by atoms with van der Waals surface area (Å²) in [4.78, 5) is 34.8. The standard InChI is InChI=1S/C15H19N5O4/c1-4-8(2)13(15(23)24)17-14(22)10-7-16-20(9(10)3)11-5-6-12(21)19-18-11/h5-8,13H,4H2,1-3H3,(H,17,22)(H,19,21)(H,23,24). The Balaban J connectivity index is 2.26. The van der Waals surface area contributed by atoms with Crippen LogP contribution in [0.2, 0.25) is 0 Å². The number of carboxylic acids is 1. The summed E-state index contributed by atoms with van der Waals surface area (Å²) in [6, 6.07) is 1.79. The van der Waals surface area contributed by atoms with E-state index < -0.39 is 17.9 Å². The zero-order chi connectivity index (χ0) is 17.9. The van der Waals surface area contributed by atoms with Gasteiger partial charge in [0.1, 0.15) is 6.04 Å². The van der Waals surface area contributed by atoms with Crippen molar-refractivity contribution in [1.29, 1.82) is 0 Å². The van der Waals surface area contributed by atoms with Gasteiger partial charge in [-0.3, -0.25) is 9.59 Å². The molecule has 0 saturated carbocycles. The maximum absolute atomic E-state index is 12.4. The lowest BCUT2D eigenvalue weighted by atomic mass is 9.99. The van der Waals surface area contributed by atoms with E-state index in [2.05, 4.69) is 20.6 Å². The summed E-state index contributed by atoms with van der Waals surface area (Å²) < 4.78 is 1.39. The smallest absolute Gasteiger partial charge is 0.326 e. The van der Waals surface area contributed by atoms with Crippen LogP contribution >= 0.6 is 0 Å². The first kappa shape index (κ1) is 17.4. The predicted octanol–water partition coefficient (Wildman–Crippen LogP) is 0.493. The molecular weight excluding hydrogens is 314 g/mol. The maximum atomic E-state index is 12.4. The van der Waals surface area contributed by atoms with Crippen LogP contribution in [0.25, 0.3) is 5.82 Å². The van der Waals surface area contributed by atoms with Crippen molar-refractivity contribution in [3.05, 3.63) is 39.9 Å². The molecule has 0 aliphatic rings. The number of carboxylic acid groups (broad SMARTS) is 1. The van der Waals surface area contributed by atoms with E-state index in [1.807, 2.05) is 6.92 Å². The topological polar surface area (TPSA) is 130 Å². The number of amides is 1. The molecule has 2 atom stereocenters. The van der Waals surface area contributed by atoms with Gasteiger partial charge < -0.3 is 10.4 Å². The van der Waals surface area contributed by atoms with Crippen molar-refractivity contribution < 1.29 is 14.7 Å². The third-order valence-electron chi connectivity index (χ3n) is 3.90. The highest BCUT2D eigenvalue weighted by molar-refractivity contribution is 5.97. The van der Waals surface area contributed by atoms with E-state index in [-0.39, 0.29) is 17.0 Å². The van der Waals surface area contributed by atoms with E-state index in [1.165, 1.54) is 23.0 Å². The third kappa shape index (κ3) is 3.50. The van der Waals surface area contributed by atoms with Crippen molar-refractivity contribution in [2.45, 2.75) is 33.2 Å². The van der Waals surface area contributed by atoms with Gasteiger partial charge in [-0.2, -0.15) is 10.2 Å². The summed E-state index contributed by atoms with van der Waals surface area (Å²) in [5.41, 5.74) is 0.386. The molecule has 2 rings (SSSR count). The normalized spacial score (nSPS) is 13.3. The zero-order valence-corrected chi connectivity index (χ0v) is 13.6. The Kier molecular flexibility index (Phi) is 5.12. The molecule has 0 bridgehead atoms. The van der Waals surface area contributed by atoms with Crippen LogP contribution in [-0.4, -0.2) is 43.0 Å². The highest BCUT2D eigenvalue weighted by Crippen LogP contribution is 2.13. The van der Waals surface area contributed by atoms with Gasteiger partial charge in [0.2, 0.25) is 0 Å². The van der Waals surface area contributed by atoms with E-state index in [0.29, 0.717) is 17.9 Å². The molecule has 2 unspecified atom stereocenters. The molecule has 2 aromatic rings. The number of aliphatic carboxylic acids is 1. The molecule has 128 valence electrons. The molecule has 0 aliphatic heterocycles. The van der Waals surface area contributed by atoms with Gasteiger partial charge >= 0.3 is 5.97 Å². The van der Waals surface area contributed by atoms with Crippen molar-refractivity contribution in [2.75, 3.05) is 0 Å². The van der Waals surface area contributed by atoms with E-state index in [4.69, 9.17) is 0 Å². The molecule has 1 amide bonds. The van der Waals surface area contributed by atoms with E-state index >= 15 is 0 Å². The Bertz CT molecular complexity index is 790. The lowest BCUT2D eigenvalue weighted by molar-refractivity contribution is -0.140. The van der Waals surface area contributed by atoms with E-state index in [1.54, 1.807) is 13.8 Å². The number of hydrogen-bond donors (Lipinski definition) is 3. The quantitative estimate of drug-likeness (QED) is 0.705. The minimum Gasteiger partial charge on any atom is -0.480 e. The maximum Gasteiger partial charge on any atom is 0.326 e. The summed E-state index contributed by atoms with van der Waals surface area (Å²) >= 11 is 0. The molecule has 24 heavy (non-hydrogen) atoms. The van der Waals surface area contributed by atoms with Crippen LogP contribution in [-0.2, 0) is 4.79 Å². The van der Waals surface area contributed by atoms with Crippen LogP contribution in [0, 0.1) is 12.8 Å². The average Bonchev–Trinajstić information content (AvgIpc) is 2.94. The summed E-state index contributed by atoms with van der Waals surface area (Å²) in [6.07, 6.45) is 1.96. The third-order valence-corrected chi connectivity index (χ3v) is 3.90. The van der Waals surface area contributed by atoms with Crippen LogP contribution < -0.4 is 10.9 Å². The number of carbonyl (C=O) groups excluding carboxylic acids is 1. The van der Waals surface area contributed by atoms with Crippen molar-refractivity contribution >= 4 is 11.9 Å². The molecule has 9 heteroatoms. The largest absolute Gasteiger partial charge is 0.480 e. The van der Waals surface area contributed by atoms with Gasteiger partial charge in [-0.05, 0) is 18.9 Å². The molecule has 0 fully saturated rings. The number of nitrogens with one attached hydrogen (secondary N) is 2. The SMILES string of the molecule is CCC(C)C(NC(=O)c1cnn(-c2ccc(=O)[nH]n2)c1C)C(=O)O. The Labute approximate surface area is 137 Å². The Morgan fingerprint density at radius 1 is 1.42 bits per heavy atom. The number of rotatable bonds is 6. The van der Waals surface area contributed by atoms with Crippen molar-refractivity contribution in [3.63, 3.8) is 0 Å². The lowest BCUT2D eigenvalue weighted by Crippen LogP contribution is -2.45. The first-order valence-corrected chi connectivity index (χ1v) is 7.49. The predicted molar refractivity (Wildman–Crippen MR) is 85.1 cm³/mol. The van der Waals surface area contributed by atoms with Gasteiger partial charge in [0.25, 0.3) is 11.5 Å². The number of H-pyrrole nitrogens is 1. The minimum atomic E-state index is -1.08. The van der Waals surface area contributed by atoms with Gasteiger partial charge in [-0.1, -0.05) is 20.3 Å². The van der Waals surface area contributed by atoms with Gasteiger partial charge in [-0.25, -0.2) is 14.6 Å². The van der Waals surface area contributed by atoms with Gasteiger partial charge in [0.15, 0.2) is 5.82 Å². The fourth-order valence-corrected chi connectivity index (χ4v) is 2.22. The first-order valence-electron chi connectivity index (χ1n) is 7.49. The molecule has 9 nitrogen and oxygen atoms in total. The Morgan fingerprint density at radius 3 is 2.67 bits per heavy atom. The highest BCUT2D eigenvalue weighted by atomic mass is 16.4. The Morgan fingerprint density at radius 2 is 2.12 bits per heavy atom. The summed E-state index contributed by atoms with van der Waals surface area (Å²) in [5, 5.41) is 22.0. The number of aromatic nitrogens is 4. The molecule has 0 saturated heterocycles. The van der Waals surface area contributed by atoms with Crippen LogP contribution in [0.15, 0.2) is 23.1 Å². The molecule has 0 spiro atoms. The lowest BCUT2D eigenvalue weighted by Gasteiger charge is -2.19. The highest BCUT2D eigenvalue weighted by Gasteiger charge is 2.27. The van der Waals surface area contributed by atoms with Crippen molar-refractivity contribution in [1.82, 2.24) is 25.3 Å². The second-order valence-electron chi connectivity index (χ2n) is 5.51. The number of aromatic amines is 1. The fourth-order valence-electron chi connectivity index (χ4n) is 2.22. The molecule has 3 N–H and O–H groups in total. The van der Waals surface area contributed by atoms with Gasteiger partial charge in [-0.15, -0.1) is 0 Å². The fraction of sp³-hybridized carbons (Fsp3) is 0.400. The van der Waals surface area contributed by atoms with E-state index in [9.17, 15) is 19.5 Å². The number of nitrogens with zero attached hydrogens (tertiary/aromatic N) is 3. The summed E-state index contributed by atoms with van der Waals surface area (Å²) in [5.74, 6) is -1.45. The molecule has 0 aromatic carbocycles. The van der Waals surface area contributed by atoms with Gasteiger partial charge in [0, 0.05) is 6.07 Å². The summed E-state index contributed by atoms with van der Waals surface area (Å²) in [7, 11) is 0. The zero-order valence-electron chi connectivity index (χ0n) is 13.6. The van der Waals surface area contributed by atoms with Crippen molar-refractivity contribution in [2.24, 2.45) is 5.92 Å². The molecule has 2 aromatic heterocycles. The first-order chi connectivity index (χ1) is 11.3.